The van der Waals surface area contributed by atoms with Crippen molar-refractivity contribution in [1.29, 1.82) is 0 Å². The van der Waals surface area contributed by atoms with Gasteiger partial charge in [0, 0.05) is 33.7 Å². The number of likely N-dealkylation sites (N-methyl/N-ethyl adjacent to an activating group) is 1. The normalized spacial score (nSPS) is 21.0. The highest BCUT2D eigenvalue weighted by Gasteiger charge is 2.31. The Morgan fingerprint density at radius 2 is 2.08 bits per heavy atom. The molecule has 0 radical (unpaired) electrons. The summed E-state index contributed by atoms with van der Waals surface area (Å²) in [7, 11) is 3.52. The molecule has 1 aliphatic rings. The number of nitrogens with zero attached hydrogens (tertiary/aromatic N) is 3. The van der Waals surface area contributed by atoms with E-state index in [1.807, 2.05) is 6.92 Å². The second kappa shape index (κ2) is 10.9. The van der Waals surface area contributed by atoms with Crippen molar-refractivity contribution in [1.82, 2.24) is 15.1 Å². The van der Waals surface area contributed by atoms with Crippen molar-refractivity contribution < 1.29 is 4.79 Å². The maximum atomic E-state index is 11.9. The van der Waals surface area contributed by atoms with E-state index in [0.717, 1.165) is 24.6 Å². The number of carbonyl (C=O) groups excluding carboxylic acids is 1. The quantitative estimate of drug-likeness (QED) is 0.293. The molecular formula is C18H35IN4O. The third-order valence-corrected chi connectivity index (χ3v) is 4.35. The number of likely N-dealkylation sites (tertiary alicyclic amines) is 1. The largest absolute Gasteiger partial charge is 0.353 e. The van der Waals surface area contributed by atoms with Crippen molar-refractivity contribution in [3.63, 3.8) is 0 Å². The summed E-state index contributed by atoms with van der Waals surface area (Å²) >= 11 is 0. The van der Waals surface area contributed by atoms with Crippen LogP contribution in [0.3, 0.4) is 0 Å². The minimum Gasteiger partial charge on any atom is -0.353 e. The molecule has 1 heterocycles. The molecule has 0 spiro atoms. The van der Waals surface area contributed by atoms with Gasteiger partial charge in [0.15, 0.2) is 5.96 Å². The van der Waals surface area contributed by atoms with E-state index in [1.165, 1.54) is 25.7 Å². The number of halogens is 1. The van der Waals surface area contributed by atoms with E-state index in [1.54, 1.807) is 19.0 Å². The van der Waals surface area contributed by atoms with E-state index < -0.39 is 0 Å². The third kappa shape index (κ3) is 7.85. The molecule has 1 aliphatic heterocycles. The fourth-order valence-electron chi connectivity index (χ4n) is 3.09. The Labute approximate surface area is 165 Å². The molecule has 5 nitrogen and oxygen atoms in total. The summed E-state index contributed by atoms with van der Waals surface area (Å²) in [6.45, 7) is 13.4. The van der Waals surface area contributed by atoms with Gasteiger partial charge in [-0.25, -0.2) is 4.99 Å². The van der Waals surface area contributed by atoms with E-state index in [0.29, 0.717) is 12.0 Å². The molecule has 0 saturated carbocycles. The van der Waals surface area contributed by atoms with Gasteiger partial charge in [-0.3, -0.25) is 4.79 Å². The third-order valence-electron chi connectivity index (χ3n) is 4.35. The molecule has 1 rings (SSSR count). The second-order valence-electron chi connectivity index (χ2n) is 7.32. The number of hydrogen-bond donors (Lipinski definition) is 1. The molecule has 0 aromatic rings. The van der Waals surface area contributed by atoms with Crippen LogP contribution >= 0.6 is 24.0 Å². The first-order valence-electron chi connectivity index (χ1n) is 8.65. The van der Waals surface area contributed by atoms with Crippen LogP contribution in [0.2, 0.25) is 0 Å². The molecule has 1 atom stereocenters. The van der Waals surface area contributed by atoms with E-state index >= 15 is 0 Å². The van der Waals surface area contributed by atoms with E-state index in [-0.39, 0.29) is 36.4 Å². The molecule has 24 heavy (non-hydrogen) atoms. The number of aliphatic imine (C=N–C) groups is 1. The van der Waals surface area contributed by atoms with E-state index in [9.17, 15) is 4.79 Å². The molecule has 0 aliphatic carbocycles. The van der Waals surface area contributed by atoms with Crippen molar-refractivity contribution in [2.75, 3.05) is 40.3 Å². The number of guanidine groups is 1. The molecule has 6 heteroatoms. The average Bonchev–Trinajstić information content (AvgIpc) is 2.46. The number of nitrogens with one attached hydrogen (secondary N) is 1. The Morgan fingerprint density at radius 1 is 1.42 bits per heavy atom. The first-order chi connectivity index (χ1) is 10.8. The molecule has 1 saturated heterocycles. The SMILES string of the molecule is C=C(C)CNC(=NCC(=O)N(C)C)N1CCCC(C)(CCC)C1.I. The summed E-state index contributed by atoms with van der Waals surface area (Å²) < 4.78 is 0. The first kappa shape index (κ1) is 23.2. The van der Waals surface area contributed by atoms with Crippen molar-refractivity contribution in [3.8, 4) is 0 Å². The number of rotatable bonds is 6. The minimum atomic E-state index is 0. The maximum Gasteiger partial charge on any atom is 0.243 e. The lowest BCUT2D eigenvalue weighted by Gasteiger charge is -2.42. The topological polar surface area (TPSA) is 47.9 Å². The van der Waals surface area contributed by atoms with Gasteiger partial charge in [0.1, 0.15) is 6.54 Å². The zero-order chi connectivity index (χ0) is 17.5. The van der Waals surface area contributed by atoms with E-state index in [4.69, 9.17) is 0 Å². The summed E-state index contributed by atoms with van der Waals surface area (Å²) in [5.41, 5.74) is 1.40. The molecule has 0 aromatic heterocycles. The van der Waals surface area contributed by atoms with Crippen molar-refractivity contribution in [3.05, 3.63) is 12.2 Å². The minimum absolute atomic E-state index is 0. The van der Waals surface area contributed by atoms with Crippen LogP contribution in [-0.2, 0) is 4.79 Å². The average molecular weight is 450 g/mol. The summed E-state index contributed by atoms with van der Waals surface area (Å²) in [5, 5.41) is 3.37. The molecule has 1 fully saturated rings. The van der Waals surface area contributed by atoms with Crippen molar-refractivity contribution in [2.24, 2.45) is 10.4 Å². The Kier molecular flexibility index (Phi) is 10.6. The predicted molar refractivity (Wildman–Crippen MR) is 113 cm³/mol. The lowest BCUT2D eigenvalue weighted by Crippen LogP contribution is -2.50. The first-order valence-corrected chi connectivity index (χ1v) is 8.65. The van der Waals surface area contributed by atoms with Gasteiger partial charge in [0.2, 0.25) is 5.91 Å². The molecule has 140 valence electrons. The fraction of sp³-hybridized carbons (Fsp3) is 0.778. The molecule has 1 unspecified atom stereocenters. The van der Waals surface area contributed by atoms with Gasteiger partial charge in [-0.05, 0) is 31.6 Å². The Hall–Kier alpha value is -0.790. The Bertz CT molecular complexity index is 446. The molecule has 0 aromatic carbocycles. The van der Waals surface area contributed by atoms with E-state index in [2.05, 4.69) is 35.6 Å². The second-order valence-corrected chi connectivity index (χ2v) is 7.32. The standard InChI is InChI=1S/C18H34N4O.HI/c1-7-9-18(4)10-8-11-22(14-18)17(19-12-15(2)3)20-13-16(23)21(5)6;/h2,7-14H2,1,3-6H3,(H,19,20);1H. The maximum absolute atomic E-state index is 11.9. The number of piperidine rings is 1. The smallest absolute Gasteiger partial charge is 0.243 e. The molecular weight excluding hydrogens is 415 g/mol. The van der Waals surface area contributed by atoms with Crippen LogP contribution in [0.5, 0.6) is 0 Å². The Balaban J connectivity index is 0.00000529. The molecule has 0 bridgehead atoms. The van der Waals surface area contributed by atoms with Crippen LogP contribution < -0.4 is 5.32 Å². The monoisotopic (exact) mass is 450 g/mol. The summed E-state index contributed by atoms with van der Waals surface area (Å²) in [5.74, 6) is 0.859. The van der Waals surface area contributed by atoms with Gasteiger partial charge in [-0.2, -0.15) is 0 Å². The van der Waals surface area contributed by atoms with Gasteiger partial charge in [-0.1, -0.05) is 32.4 Å². The highest BCUT2D eigenvalue weighted by atomic mass is 127. The lowest BCUT2D eigenvalue weighted by atomic mass is 9.78. The summed E-state index contributed by atoms with van der Waals surface area (Å²) in [6, 6.07) is 0. The van der Waals surface area contributed by atoms with Crippen LogP contribution in [-0.4, -0.2) is 61.9 Å². The lowest BCUT2D eigenvalue weighted by molar-refractivity contribution is -0.127. The van der Waals surface area contributed by atoms with Crippen molar-refractivity contribution >= 4 is 35.8 Å². The van der Waals surface area contributed by atoms with Crippen LogP contribution in [0.4, 0.5) is 0 Å². The van der Waals surface area contributed by atoms with Crippen LogP contribution in [0, 0.1) is 5.41 Å². The van der Waals surface area contributed by atoms with Gasteiger partial charge >= 0.3 is 0 Å². The Morgan fingerprint density at radius 3 is 2.62 bits per heavy atom. The van der Waals surface area contributed by atoms with Gasteiger partial charge in [0.25, 0.3) is 0 Å². The fourth-order valence-corrected chi connectivity index (χ4v) is 3.09. The van der Waals surface area contributed by atoms with Crippen LogP contribution in [0.1, 0.15) is 46.5 Å². The van der Waals surface area contributed by atoms with Gasteiger partial charge < -0.3 is 15.1 Å². The van der Waals surface area contributed by atoms with Gasteiger partial charge in [-0.15, -0.1) is 24.0 Å². The zero-order valence-electron chi connectivity index (χ0n) is 16.0. The highest BCUT2D eigenvalue weighted by molar-refractivity contribution is 14.0. The number of hydrogen-bond acceptors (Lipinski definition) is 2. The van der Waals surface area contributed by atoms with Crippen LogP contribution in [0.15, 0.2) is 17.1 Å². The summed E-state index contributed by atoms with van der Waals surface area (Å²) in [6.07, 6.45) is 4.87. The highest BCUT2D eigenvalue weighted by Crippen LogP contribution is 2.33. The number of carbonyl (C=O) groups is 1. The predicted octanol–water partition coefficient (Wildman–Crippen LogP) is 3.12. The number of amides is 1. The molecule has 1 amide bonds. The van der Waals surface area contributed by atoms with Gasteiger partial charge in [0.05, 0.1) is 0 Å². The molecule has 1 N–H and O–H groups in total. The van der Waals surface area contributed by atoms with Crippen molar-refractivity contribution in [2.45, 2.75) is 46.5 Å². The summed E-state index contributed by atoms with van der Waals surface area (Å²) in [4.78, 5) is 20.3. The van der Waals surface area contributed by atoms with Crippen LogP contribution in [0.25, 0.3) is 0 Å². The zero-order valence-corrected chi connectivity index (χ0v) is 18.4.